The first-order valence-corrected chi connectivity index (χ1v) is 9.86. The summed E-state index contributed by atoms with van der Waals surface area (Å²) in [6.07, 6.45) is -0.634. The van der Waals surface area contributed by atoms with Gasteiger partial charge >= 0.3 is 0 Å². The minimum absolute atomic E-state index is 0.0954. The second-order valence-electron chi connectivity index (χ2n) is 6.25. The van der Waals surface area contributed by atoms with Crippen LogP contribution in [0.4, 0.5) is 4.39 Å². The van der Waals surface area contributed by atoms with Crippen molar-refractivity contribution in [1.82, 2.24) is 15.1 Å². The number of amides is 2. The zero-order valence-electron chi connectivity index (χ0n) is 15.4. The van der Waals surface area contributed by atoms with Gasteiger partial charge in [0.05, 0.1) is 11.1 Å². The van der Waals surface area contributed by atoms with E-state index in [-0.39, 0.29) is 35.2 Å². The Balaban J connectivity index is 1.33. The van der Waals surface area contributed by atoms with Crippen molar-refractivity contribution in [3.63, 3.8) is 0 Å². The first kappa shape index (κ1) is 19.1. The molecule has 1 aliphatic heterocycles. The van der Waals surface area contributed by atoms with Crippen LogP contribution in [0, 0.1) is 5.82 Å². The predicted octanol–water partition coefficient (Wildman–Crippen LogP) is 3.74. The van der Waals surface area contributed by atoms with Crippen LogP contribution in [0.25, 0.3) is 0 Å². The van der Waals surface area contributed by atoms with Gasteiger partial charge in [-0.15, -0.1) is 10.2 Å². The van der Waals surface area contributed by atoms with Crippen molar-refractivity contribution in [3.05, 3.63) is 71.4 Å². The van der Waals surface area contributed by atoms with Gasteiger partial charge in [0.2, 0.25) is 0 Å². The Morgan fingerprint density at radius 2 is 1.72 bits per heavy atom. The number of ether oxygens (including phenoxy) is 1. The summed E-state index contributed by atoms with van der Waals surface area (Å²) in [5.74, 6) is -0.382. The Morgan fingerprint density at radius 3 is 2.41 bits per heavy atom. The maximum Gasteiger partial charge on any atom is 0.276 e. The Morgan fingerprint density at radius 1 is 1.07 bits per heavy atom. The number of rotatable bonds is 7. The molecule has 0 unspecified atom stereocenters. The van der Waals surface area contributed by atoms with Crippen molar-refractivity contribution >= 4 is 23.6 Å². The molecule has 0 spiro atoms. The molecule has 0 N–H and O–H groups in total. The first-order chi connectivity index (χ1) is 14.0. The Labute approximate surface area is 169 Å². The molecule has 29 heavy (non-hydrogen) atoms. The summed E-state index contributed by atoms with van der Waals surface area (Å²) in [6, 6.07) is 12.8. The third-order valence-corrected chi connectivity index (χ3v) is 5.13. The number of para-hydroxylation sites is 1. The fraction of sp³-hybridized carbons (Fsp3) is 0.200. The third kappa shape index (κ3) is 3.86. The quantitative estimate of drug-likeness (QED) is 0.431. The van der Waals surface area contributed by atoms with E-state index in [0.717, 1.165) is 0 Å². The molecule has 0 fully saturated rings. The summed E-state index contributed by atoms with van der Waals surface area (Å²) in [6.45, 7) is 1.89. The lowest BCUT2D eigenvalue weighted by Gasteiger charge is -2.12. The maximum atomic E-state index is 13.7. The van der Waals surface area contributed by atoms with Gasteiger partial charge in [-0.05, 0) is 31.2 Å². The predicted molar refractivity (Wildman–Crippen MR) is 102 cm³/mol. The molecular weight excluding hydrogens is 397 g/mol. The summed E-state index contributed by atoms with van der Waals surface area (Å²) in [7, 11) is 0. The van der Waals surface area contributed by atoms with E-state index < -0.39 is 11.9 Å². The van der Waals surface area contributed by atoms with Crippen LogP contribution in [0.5, 0.6) is 5.75 Å². The molecule has 4 rings (SSSR count). The van der Waals surface area contributed by atoms with Crippen LogP contribution in [0.3, 0.4) is 0 Å². The summed E-state index contributed by atoms with van der Waals surface area (Å²) in [4.78, 5) is 25.9. The Bertz CT molecular complexity index is 1040. The zero-order valence-corrected chi connectivity index (χ0v) is 16.2. The lowest BCUT2D eigenvalue weighted by Crippen LogP contribution is -2.31. The first-order valence-electron chi connectivity index (χ1n) is 8.87. The van der Waals surface area contributed by atoms with E-state index in [2.05, 4.69) is 10.2 Å². The number of aromatic nitrogens is 2. The number of benzene rings is 2. The fourth-order valence-electron chi connectivity index (χ4n) is 2.89. The second-order valence-corrected chi connectivity index (χ2v) is 7.30. The number of fused-ring (bicyclic) bond motifs is 1. The van der Waals surface area contributed by atoms with Crippen molar-refractivity contribution < 1.29 is 23.1 Å². The molecule has 148 valence electrons. The van der Waals surface area contributed by atoms with Crippen molar-refractivity contribution in [2.75, 3.05) is 12.3 Å². The van der Waals surface area contributed by atoms with Gasteiger partial charge in [-0.25, -0.2) is 4.39 Å². The van der Waals surface area contributed by atoms with Crippen LogP contribution in [-0.2, 0) is 0 Å². The van der Waals surface area contributed by atoms with Crippen LogP contribution >= 0.6 is 11.8 Å². The van der Waals surface area contributed by atoms with E-state index in [4.69, 9.17) is 9.15 Å². The molecule has 1 atom stereocenters. The largest absolute Gasteiger partial charge is 0.478 e. The van der Waals surface area contributed by atoms with Gasteiger partial charge in [0.25, 0.3) is 22.9 Å². The number of carbonyl (C=O) groups is 2. The Hall–Kier alpha value is -3.20. The standard InChI is InChI=1S/C20H16FN3O4S/c1-12(27-16-9-5-4-8-15(16)21)17-22-23-20(28-17)29-11-10-24-18(25)13-6-2-3-7-14(13)19(24)26/h2-9,12H,10-11H2,1H3/t12-/m1/s1. The molecule has 0 aliphatic carbocycles. The van der Waals surface area contributed by atoms with E-state index in [9.17, 15) is 14.0 Å². The number of halogens is 1. The number of thioether (sulfide) groups is 1. The third-order valence-electron chi connectivity index (χ3n) is 4.33. The molecule has 9 heteroatoms. The molecule has 3 aromatic rings. The normalized spacial score (nSPS) is 14.2. The molecule has 0 radical (unpaired) electrons. The van der Waals surface area contributed by atoms with Gasteiger partial charge in [0.15, 0.2) is 17.7 Å². The monoisotopic (exact) mass is 413 g/mol. The fourth-order valence-corrected chi connectivity index (χ4v) is 3.58. The van der Waals surface area contributed by atoms with Gasteiger partial charge in [-0.3, -0.25) is 14.5 Å². The van der Waals surface area contributed by atoms with E-state index in [1.165, 1.54) is 28.8 Å². The van der Waals surface area contributed by atoms with E-state index in [0.29, 0.717) is 16.9 Å². The number of hydrogen-bond acceptors (Lipinski definition) is 7. The van der Waals surface area contributed by atoms with Gasteiger partial charge in [-0.1, -0.05) is 36.0 Å². The molecule has 0 saturated carbocycles. The molecule has 0 saturated heterocycles. The van der Waals surface area contributed by atoms with Crippen LogP contribution in [0.2, 0.25) is 0 Å². The van der Waals surface area contributed by atoms with E-state index in [1.807, 2.05) is 0 Å². The topological polar surface area (TPSA) is 85.5 Å². The van der Waals surface area contributed by atoms with Gasteiger partial charge in [-0.2, -0.15) is 0 Å². The van der Waals surface area contributed by atoms with E-state index >= 15 is 0 Å². The van der Waals surface area contributed by atoms with Crippen molar-refractivity contribution in [3.8, 4) is 5.75 Å². The summed E-state index contributed by atoms with van der Waals surface area (Å²) < 4.78 is 24.8. The highest BCUT2D eigenvalue weighted by Gasteiger charge is 2.34. The van der Waals surface area contributed by atoms with Crippen LogP contribution in [0.15, 0.2) is 58.2 Å². The molecule has 2 amide bonds. The maximum absolute atomic E-state index is 13.7. The van der Waals surface area contributed by atoms with Crippen LogP contribution < -0.4 is 4.74 Å². The summed E-state index contributed by atoms with van der Waals surface area (Å²) in [5, 5.41) is 8.13. The average Bonchev–Trinajstić information content (AvgIpc) is 3.29. The summed E-state index contributed by atoms with van der Waals surface area (Å²) >= 11 is 1.22. The SMILES string of the molecule is C[C@@H](Oc1ccccc1F)c1nnc(SCCN2C(=O)c3ccccc3C2=O)o1. The lowest BCUT2D eigenvalue weighted by molar-refractivity contribution is 0.0664. The summed E-state index contributed by atoms with van der Waals surface area (Å²) in [5.41, 5.74) is 0.836. The number of nitrogens with zero attached hydrogens (tertiary/aromatic N) is 3. The molecular formula is C20H16FN3O4S. The smallest absolute Gasteiger partial charge is 0.276 e. The van der Waals surface area contributed by atoms with Crippen molar-refractivity contribution in [2.24, 2.45) is 0 Å². The molecule has 0 bridgehead atoms. The highest BCUT2D eigenvalue weighted by molar-refractivity contribution is 7.99. The van der Waals surface area contributed by atoms with Gasteiger partial charge in [0.1, 0.15) is 0 Å². The van der Waals surface area contributed by atoms with Crippen LogP contribution in [0.1, 0.15) is 39.6 Å². The Kier molecular flexibility index (Phi) is 5.30. The number of imide groups is 1. The molecule has 2 aromatic carbocycles. The highest BCUT2D eigenvalue weighted by Crippen LogP contribution is 2.27. The highest BCUT2D eigenvalue weighted by atomic mass is 32.2. The molecule has 1 aliphatic rings. The molecule has 2 heterocycles. The van der Waals surface area contributed by atoms with Crippen molar-refractivity contribution in [2.45, 2.75) is 18.3 Å². The van der Waals surface area contributed by atoms with Crippen molar-refractivity contribution in [1.29, 1.82) is 0 Å². The lowest BCUT2D eigenvalue weighted by atomic mass is 10.1. The number of carbonyl (C=O) groups excluding carboxylic acids is 2. The van der Waals surface area contributed by atoms with Crippen LogP contribution in [-0.4, -0.2) is 39.2 Å². The second kappa shape index (κ2) is 8.04. The van der Waals surface area contributed by atoms with Gasteiger partial charge in [0, 0.05) is 12.3 Å². The zero-order chi connectivity index (χ0) is 20.4. The van der Waals surface area contributed by atoms with E-state index in [1.54, 1.807) is 43.3 Å². The molecule has 1 aromatic heterocycles. The van der Waals surface area contributed by atoms with Gasteiger partial charge < -0.3 is 9.15 Å². The average molecular weight is 413 g/mol. The minimum Gasteiger partial charge on any atom is -0.478 e. The molecule has 7 nitrogen and oxygen atoms in total. The number of hydrogen-bond donors (Lipinski definition) is 0. The minimum atomic E-state index is -0.634.